The first-order valence-corrected chi connectivity index (χ1v) is 9.18. The third-order valence-corrected chi connectivity index (χ3v) is 4.98. The van der Waals surface area contributed by atoms with Gasteiger partial charge in [-0.05, 0) is 35.6 Å². The summed E-state index contributed by atoms with van der Waals surface area (Å²) < 4.78 is 0. The Morgan fingerprint density at radius 1 is 0.917 bits per heavy atom. The van der Waals surface area contributed by atoms with Gasteiger partial charge in [-0.25, -0.2) is 0 Å². The van der Waals surface area contributed by atoms with E-state index in [1.807, 2.05) is 30.3 Å². The molecule has 0 spiro atoms. The summed E-state index contributed by atoms with van der Waals surface area (Å²) in [4.78, 5) is 0. The number of rotatable bonds is 6. The van der Waals surface area contributed by atoms with Gasteiger partial charge in [0.2, 0.25) is 5.13 Å². The van der Waals surface area contributed by atoms with Crippen molar-refractivity contribution in [1.29, 1.82) is 0 Å². The van der Waals surface area contributed by atoms with E-state index in [0.29, 0.717) is 5.92 Å². The smallest absolute Gasteiger partial charge is 0.210 e. The third kappa shape index (κ3) is 4.20. The number of hydrogen-bond donors (Lipinski definition) is 1. The summed E-state index contributed by atoms with van der Waals surface area (Å²) in [6.45, 7) is 6.68. The van der Waals surface area contributed by atoms with Crippen LogP contribution in [0, 0.1) is 5.92 Å². The van der Waals surface area contributed by atoms with Crippen LogP contribution in [0.2, 0.25) is 0 Å². The molecule has 1 unspecified atom stereocenters. The summed E-state index contributed by atoms with van der Waals surface area (Å²) in [6.07, 6.45) is 1.12. The summed E-state index contributed by atoms with van der Waals surface area (Å²) in [7, 11) is 0. The Bertz CT molecular complexity index is 763. The normalized spacial score (nSPS) is 12.3. The van der Waals surface area contributed by atoms with Crippen LogP contribution in [0.3, 0.4) is 0 Å². The maximum absolute atomic E-state index is 4.37. The van der Waals surface area contributed by atoms with E-state index in [0.717, 1.165) is 22.2 Å². The molecule has 0 saturated carbocycles. The van der Waals surface area contributed by atoms with Crippen LogP contribution >= 0.6 is 11.3 Å². The predicted octanol–water partition coefficient (Wildman–Crippen LogP) is 5.63. The molecule has 0 amide bonds. The molecule has 3 nitrogen and oxygen atoms in total. The van der Waals surface area contributed by atoms with Gasteiger partial charge in [0.25, 0.3) is 0 Å². The molecule has 2 aromatic carbocycles. The lowest BCUT2D eigenvalue weighted by molar-refractivity contribution is 0.647. The number of para-hydroxylation sites is 1. The Balaban J connectivity index is 1.70. The molecule has 0 aliphatic heterocycles. The lowest BCUT2D eigenvalue weighted by atomic mass is 9.97. The predicted molar refractivity (Wildman–Crippen MR) is 102 cm³/mol. The van der Waals surface area contributed by atoms with E-state index in [1.165, 1.54) is 11.1 Å². The zero-order valence-electron chi connectivity index (χ0n) is 14.4. The summed E-state index contributed by atoms with van der Waals surface area (Å²) in [6, 6.07) is 19.0. The molecule has 24 heavy (non-hydrogen) atoms. The van der Waals surface area contributed by atoms with Crippen molar-refractivity contribution >= 4 is 22.2 Å². The Morgan fingerprint density at radius 2 is 1.62 bits per heavy atom. The molecule has 1 aromatic heterocycles. The van der Waals surface area contributed by atoms with Gasteiger partial charge in [-0.3, -0.25) is 0 Å². The molecule has 1 heterocycles. The van der Waals surface area contributed by atoms with Crippen molar-refractivity contribution in [2.45, 2.75) is 33.1 Å². The second-order valence-electron chi connectivity index (χ2n) is 6.50. The van der Waals surface area contributed by atoms with Crippen molar-refractivity contribution in [2.75, 3.05) is 5.32 Å². The minimum atomic E-state index is 0.252. The zero-order chi connectivity index (χ0) is 16.9. The Morgan fingerprint density at radius 3 is 2.29 bits per heavy atom. The first-order chi connectivity index (χ1) is 11.6. The molecule has 0 aliphatic rings. The summed E-state index contributed by atoms with van der Waals surface area (Å²) in [5.41, 5.74) is 3.71. The number of anilines is 2. The van der Waals surface area contributed by atoms with Crippen LogP contribution in [0.4, 0.5) is 10.8 Å². The van der Waals surface area contributed by atoms with Crippen LogP contribution in [-0.2, 0) is 6.42 Å². The first kappa shape index (κ1) is 16.7. The topological polar surface area (TPSA) is 37.8 Å². The minimum Gasteiger partial charge on any atom is -0.330 e. The minimum absolute atomic E-state index is 0.252. The second kappa shape index (κ2) is 7.58. The molecular formula is C20H23N3S. The van der Waals surface area contributed by atoms with Gasteiger partial charge >= 0.3 is 0 Å². The van der Waals surface area contributed by atoms with Crippen molar-refractivity contribution in [1.82, 2.24) is 10.2 Å². The van der Waals surface area contributed by atoms with Crippen LogP contribution in [-0.4, -0.2) is 10.2 Å². The number of hydrogen-bond acceptors (Lipinski definition) is 4. The average molecular weight is 337 g/mol. The average Bonchev–Trinajstić information content (AvgIpc) is 3.04. The van der Waals surface area contributed by atoms with E-state index in [4.69, 9.17) is 0 Å². The van der Waals surface area contributed by atoms with E-state index in [9.17, 15) is 0 Å². The molecule has 1 N–H and O–H groups in total. The molecule has 0 fully saturated rings. The lowest BCUT2D eigenvalue weighted by Gasteiger charge is -2.10. The van der Waals surface area contributed by atoms with E-state index >= 15 is 0 Å². The maximum atomic E-state index is 4.37. The first-order valence-electron chi connectivity index (χ1n) is 8.36. The molecule has 1 atom stereocenters. The van der Waals surface area contributed by atoms with Crippen molar-refractivity contribution in [3.63, 3.8) is 0 Å². The van der Waals surface area contributed by atoms with Crippen molar-refractivity contribution in [3.05, 3.63) is 70.7 Å². The highest BCUT2D eigenvalue weighted by Gasteiger charge is 2.14. The molecular weight excluding hydrogens is 314 g/mol. The van der Waals surface area contributed by atoms with Gasteiger partial charge in [0, 0.05) is 11.6 Å². The van der Waals surface area contributed by atoms with Gasteiger partial charge in [0.15, 0.2) is 0 Å². The highest BCUT2D eigenvalue weighted by atomic mass is 32.1. The van der Waals surface area contributed by atoms with Gasteiger partial charge in [-0.2, -0.15) is 0 Å². The standard InChI is InChI=1S/C20H23N3S/c1-14(2)13-16-9-11-17(12-10-16)15(3)19-22-23-20(24-19)21-18-7-5-4-6-8-18/h4-12,14-15H,13H2,1-3H3,(H,21,23). The number of nitrogens with zero attached hydrogens (tertiary/aromatic N) is 2. The van der Waals surface area contributed by atoms with E-state index in [2.05, 4.69) is 60.6 Å². The van der Waals surface area contributed by atoms with Crippen molar-refractivity contribution in [3.8, 4) is 0 Å². The van der Waals surface area contributed by atoms with Gasteiger partial charge in [-0.15, -0.1) is 10.2 Å². The van der Waals surface area contributed by atoms with Gasteiger partial charge in [-0.1, -0.05) is 74.6 Å². The van der Waals surface area contributed by atoms with Crippen molar-refractivity contribution in [2.24, 2.45) is 5.92 Å². The van der Waals surface area contributed by atoms with Crippen LogP contribution in [0.5, 0.6) is 0 Å². The molecule has 0 saturated heterocycles. The molecule has 0 bridgehead atoms. The monoisotopic (exact) mass is 337 g/mol. The fraction of sp³-hybridized carbons (Fsp3) is 0.300. The Kier molecular flexibility index (Phi) is 5.26. The number of benzene rings is 2. The highest BCUT2D eigenvalue weighted by Crippen LogP contribution is 2.30. The zero-order valence-corrected chi connectivity index (χ0v) is 15.2. The van der Waals surface area contributed by atoms with Crippen LogP contribution in [0.25, 0.3) is 0 Å². The maximum Gasteiger partial charge on any atom is 0.210 e. The molecule has 4 heteroatoms. The van der Waals surface area contributed by atoms with Gasteiger partial charge in [0.05, 0.1) is 0 Å². The largest absolute Gasteiger partial charge is 0.330 e. The number of aromatic nitrogens is 2. The number of nitrogens with one attached hydrogen (secondary N) is 1. The Hall–Kier alpha value is -2.20. The fourth-order valence-electron chi connectivity index (χ4n) is 2.66. The SMILES string of the molecule is CC(C)Cc1ccc(C(C)c2nnc(Nc3ccccc3)s2)cc1. The molecule has 0 radical (unpaired) electrons. The summed E-state index contributed by atoms with van der Waals surface area (Å²) >= 11 is 1.61. The summed E-state index contributed by atoms with van der Waals surface area (Å²) in [5.74, 6) is 0.935. The molecule has 124 valence electrons. The van der Waals surface area contributed by atoms with Gasteiger partial charge in [0.1, 0.15) is 5.01 Å². The molecule has 3 rings (SSSR count). The van der Waals surface area contributed by atoms with Crippen LogP contribution < -0.4 is 5.32 Å². The fourth-order valence-corrected chi connectivity index (χ4v) is 3.50. The van der Waals surface area contributed by atoms with E-state index in [1.54, 1.807) is 11.3 Å². The van der Waals surface area contributed by atoms with E-state index < -0.39 is 0 Å². The third-order valence-electron chi connectivity index (χ3n) is 3.96. The Labute approximate surface area is 147 Å². The van der Waals surface area contributed by atoms with Gasteiger partial charge < -0.3 is 5.32 Å². The quantitative estimate of drug-likeness (QED) is 0.633. The van der Waals surface area contributed by atoms with Crippen LogP contribution in [0.1, 0.15) is 42.8 Å². The van der Waals surface area contributed by atoms with E-state index in [-0.39, 0.29) is 5.92 Å². The highest BCUT2D eigenvalue weighted by molar-refractivity contribution is 7.15. The molecule has 3 aromatic rings. The second-order valence-corrected chi connectivity index (χ2v) is 7.51. The lowest BCUT2D eigenvalue weighted by Crippen LogP contribution is -1.98. The summed E-state index contributed by atoms with van der Waals surface area (Å²) in [5, 5.41) is 13.8. The van der Waals surface area contributed by atoms with Crippen molar-refractivity contribution < 1.29 is 0 Å². The molecule has 0 aliphatic carbocycles. The van der Waals surface area contributed by atoms with Crippen LogP contribution in [0.15, 0.2) is 54.6 Å².